The van der Waals surface area contributed by atoms with Gasteiger partial charge in [-0.1, -0.05) is 39.1 Å². The van der Waals surface area contributed by atoms with Crippen LogP contribution < -0.4 is 10.9 Å². The topological polar surface area (TPSA) is 72.2 Å². The molecule has 3 aromatic rings. The lowest BCUT2D eigenvalue weighted by Crippen LogP contribution is -2.21. The highest BCUT2D eigenvalue weighted by atomic mass is 79.9. The van der Waals surface area contributed by atoms with E-state index in [2.05, 4.69) is 26.2 Å². The van der Waals surface area contributed by atoms with Crippen LogP contribution >= 0.6 is 39.1 Å². The number of halogens is 3. The number of carbonyl (C=O) groups excluding carboxylic acids is 1. The summed E-state index contributed by atoms with van der Waals surface area (Å²) in [6, 6.07) is 8.00. The highest BCUT2D eigenvalue weighted by molar-refractivity contribution is 9.10. The zero-order chi connectivity index (χ0) is 16.6. The number of anilines is 1. The summed E-state index contributed by atoms with van der Waals surface area (Å²) in [5, 5.41) is 3.57. The molecule has 3 rings (SSSR count). The number of amides is 1. The normalized spacial score (nSPS) is 10.7. The van der Waals surface area contributed by atoms with Gasteiger partial charge in [0.05, 0.1) is 10.0 Å². The van der Waals surface area contributed by atoms with E-state index < -0.39 is 11.5 Å². The van der Waals surface area contributed by atoms with Crippen molar-refractivity contribution in [2.24, 2.45) is 0 Å². The molecule has 0 atom stereocenters. The van der Waals surface area contributed by atoms with Gasteiger partial charge in [0.2, 0.25) is 0 Å². The molecule has 0 unspecified atom stereocenters. The molecule has 2 aromatic heterocycles. The summed E-state index contributed by atoms with van der Waals surface area (Å²) in [6.07, 6.45) is 1.34. The molecule has 0 saturated carbocycles. The molecule has 0 radical (unpaired) electrons. The maximum Gasteiger partial charge on any atom is 0.349 e. The SMILES string of the molecule is O=C(Nc1ncc(Cl)cc1Cl)c1cc2cc(Br)ccc2oc1=O. The van der Waals surface area contributed by atoms with Gasteiger partial charge in [-0.05, 0) is 30.3 Å². The van der Waals surface area contributed by atoms with Gasteiger partial charge in [0, 0.05) is 16.1 Å². The average Bonchev–Trinajstić information content (AvgIpc) is 2.49. The van der Waals surface area contributed by atoms with Crippen LogP contribution in [0.2, 0.25) is 10.0 Å². The summed E-state index contributed by atoms with van der Waals surface area (Å²) in [4.78, 5) is 28.2. The van der Waals surface area contributed by atoms with Gasteiger partial charge in [-0.2, -0.15) is 0 Å². The number of fused-ring (bicyclic) bond motifs is 1. The fourth-order valence-electron chi connectivity index (χ4n) is 1.93. The molecule has 1 N–H and O–H groups in total. The number of rotatable bonds is 2. The third-order valence-corrected chi connectivity index (χ3v) is 3.97. The minimum Gasteiger partial charge on any atom is -0.422 e. The number of benzene rings is 1. The molecule has 0 saturated heterocycles. The largest absolute Gasteiger partial charge is 0.422 e. The number of aromatic nitrogens is 1. The fraction of sp³-hybridized carbons (Fsp3) is 0. The quantitative estimate of drug-likeness (QED) is 0.627. The standard InChI is InChI=1S/C15H7BrCl2N2O3/c16-8-1-2-12-7(3-8)4-10(15(22)23-12)14(21)20-13-11(18)5-9(17)6-19-13/h1-6H,(H,19,20,21). The molecular weight excluding hydrogens is 407 g/mol. The van der Waals surface area contributed by atoms with Crippen molar-refractivity contribution in [2.75, 3.05) is 5.32 Å². The van der Waals surface area contributed by atoms with E-state index in [0.717, 1.165) is 4.47 Å². The first-order valence-electron chi connectivity index (χ1n) is 6.30. The second-order valence-electron chi connectivity index (χ2n) is 4.57. The Morgan fingerprint density at radius 2 is 2.00 bits per heavy atom. The maximum absolute atomic E-state index is 12.3. The molecule has 0 aliphatic rings. The van der Waals surface area contributed by atoms with E-state index >= 15 is 0 Å². The lowest BCUT2D eigenvalue weighted by Gasteiger charge is -2.06. The van der Waals surface area contributed by atoms with Gasteiger partial charge in [-0.25, -0.2) is 9.78 Å². The van der Waals surface area contributed by atoms with Crippen LogP contribution in [0.4, 0.5) is 5.82 Å². The van der Waals surface area contributed by atoms with E-state index in [1.165, 1.54) is 18.3 Å². The summed E-state index contributed by atoms with van der Waals surface area (Å²) in [6.45, 7) is 0. The number of hydrogen-bond acceptors (Lipinski definition) is 4. The van der Waals surface area contributed by atoms with Crippen LogP contribution in [0.25, 0.3) is 11.0 Å². The molecule has 1 aromatic carbocycles. The highest BCUT2D eigenvalue weighted by Crippen LogP contribution is 2.23. The summed E-state index contributed by atoms with van der Waals surface area (Å²) in [7, 11) is 0. The Bertz CT molecular complexity index is 988. The third-order valence-electron chi connectivity index (χ3n) is 2.98. The number of nitrogens with one attached hydrogen (secondary N) is 1. The molecule has 0 bridgehead atoms. The smallest absolute Gasteiger partial charge is 0.349 e. The van der Waals surface area contributed by atoms with Crippen LogP contribution in [0.3, 0.4) is 0 Å². The molecule has 8 heteroatoms. The first-order chi connectivity index (χ1) is 10.9. The lowest BCUT2D eigenvalue weighted by molar-refractivity contribution is 0.102. The molecule has 2 heterocycles. The lowest BCUT2D eigenvalue weighted by atomic mass is 10.2. The molecule has 0 aliphatic carbocycles. The Hall–Kier alpha value is -1.89. The molecule has 0 aliphatic heterocycles. The molecule has 5 nitrogen and oxygen atoms in total. The molecule has 1 amide bonds. The van der Waals surface area contributed by atoms with Gasteiger partial charge in [0.1, 0.15) is 11.1 Å². The van der Waals surface area contributed by atoms with Crippen LogP contribution in [0.15, 0.2) is 50.2 Å². The van der Waals surface area contributed by atoms with Crippen LogP contribution in [0, 0.1) is 0 Å². The van der Waals surface area contributed by atoms with Gasteiger partial charge < -0.3 is 9.73 Å². The first-order valence-corrected chi connectivity index (χ1v) is 7.85. The van der Waals surface area contributed by atoms with Crippen molar-refractivity contribution < 1.29 is 9.21 Å². The number of hydrogen-bond donors (Lipinski definition) is 1. The molecule has 116 valence electrons. The van der Waals surface area contributed by atoms with Gasteiger partial charge in [0.15, 0.2) is 5.82 Å². The van der Waals surface area contributed by atoms with Crippen molar-refractivity contribution in [1.82, 2.24) is 4.98 Å². The van der Waals surface area contributed by atoms with Gasteiger partial charge >= 0.3 is 5.63 Å². The zero-order valence-electron chi connectivity index (χ0n) is 11.3. The van der Waals surface area contributed by atoms with E-state index in [1.807, 2.05) is 0 Å². The van der Waals surface area contributed by atoms with Crippen molar-refractivity contribution in [3.8, 4) is 0 Å². The van der Waals surface area contributed by atoms with E-state index in [1.54, 1.807) is 18.2 Å². The number of carbonyl (C=O) groups is 1. The summed E-state index contributed by atoms with van der Waals surface area (Å²) < 4.78 is 5.94. The fourth-order valence-corrected chi connectivity index (χ4v) is 2.74. The van der Waals surface area contributed by atoms with E-state index in [4.69, 9.17) is 27.6 Å². The number of pyridine rings is 1. The number of nitrogens with zero attached hydrogens (tertiary/aromatic N) is 1. The monoisotopic (exact) mass is 412 g/mol. The van der Waals surface area contributed by atoms with Crippen molar-refractivity contribution in [3.05, 3.63) is 67.0 Å². The van der Waals surface area contributed by atoms with Crippen LogP contribution in [-0.2, 0) is 0 Å². The molecular formula is C15H7BrCl2N2O3. The Morgan fingerprint density at radius 1 is 1.22 bits per heavy atom. The third kappa shape index (κ3) is 3.39. The maximum atomic E-state index is 12.3. The van der Waals surface area contributed by atoms with Crippen LogP contribution in [0.1, 0.15) is 10.4 Å². The Kier molecular flexibility index (Phi) is 4.39. The van der Waals surface area contributed by atoms with Crippen LogP contribution in [-0.4, -0.2) is 10.9 Å². The Balaban J connectivity index is 2.00. The van der Waals surface area contributed by atoms with E-state index in [0.29, 0.717) is 16.0 Å². The molecule has 23 heavy (non-hydrogen) atoms. The first kappa shape index (κ1) is 16.0. The van der Waals surface area contributed by atoms with Crippen molar-refractivity contribution in [2.45, 2.75) is 0 Å². The summed E-state index contributed by atoms with van der Waals surface area (Å²) in [5.41, 5.74) is -0.511. The Labute approximate surface area is 148 Å². The Morgan fingerprint density at radius 3 is 2.74 bits per heavy atom. The highest BCUT2D eigenvalue weighted by Gasteiger charge is 2.16. The second kappa shape index (κ2) is 6.31. The minimum atomic E-state index is -0.748. The van der Waals surface area contributed by atoms with Gasteiger partial charge in [-0.15, -0.1) is 0 Å². The van der Waals surface area contributed by atoms with E-state index in [9.17, 15) is 9.59 Å². The minimum absolute atomic E-state index is 0.106. The van der Waals surface area contributed by atoms with Crippen molar-refractivity contribution >= 4 is 61.8 Å². The predicted octanol–water partition coefficient (Wildman–Crippen LogP) is 4.51. The van der Waals surface area contributed by atoms with Gasteiger partial charge in [0.25, 0.3) is 5.91 Å². The molecule has 0 spiro atoms. The van der Waals surface area contributed by atoms with Crippen LogP contribution in [0.5, 0.6) is 0 Å². The molecule has 0 fully saturated rings. The van der Waals surface area contributed by atoms with Crippen molar-refractivity contribution in [1.29, 1.82) is 0 Å². The summed E-state index contributed by atoms with van der Waals surface area (Å²) >= 11 is 15.0. The predicted molar refractivity (Wildman–Crippen MR) is 92.4 cm³/mol. The van der Waals surface area contributed by atoms with Gasteiger partial charge in [-0.3, -0.25) is 4.79 Å². The summed E-state index contributed by atoms with van der Waals surface area (Å²) in [5.74, 6) is -0.563. The second-order valence-corrected chi connectivity index (χ2v) is 6.33. The average molecular weight is 414 g/mol. The zero-order valence-corrected chi connectivity index (χ0v) is 14.4. The van der Waals surface area contributed by atoms with E-state index in [-0.39, 0.29) is 16.4 Å². The van der Waals surface area contributed by atoms with Crippen molar-refractivity contribution in [3.63, 3.8) is 0 Å².